The van der Waals surface area contributed by atoms with Crippen LogP contribution in [0.4, 0.5) is 4.39 Å². The number of carbonyl (C=O) groups excluding carboxylic acids is 2. The number of halogens is 1. The van der Waals surface area contributed by atoms with Crippen LogP contribution < -0.4 is 0 Å². The van der Waals surface area contributed by atoms with E-state index < -0.39 is 12.6 Å². The van der Waals surface area contributed by atoms with Gasteiger partial charge in [0, 0.05) is 11.3 Å². The van der Waals surface area contributed by atoms with Gasteiger partial charge in [0.15, 0.2) is 0 Å². The average Bonchev–Trinajstić information content (AvgIpc) is 2.42. The maximum Gasteiger partial charge on any atom is 0.338 e. The van der Waals surface area contributed by atoms with Crippen LogP contribution in [0.15, 0.2) is 24.3 Å². The summed E-state index contributed by atoms with van der Waals surface area (Å²) >= 11 is 0.928. The molecule has 3 nitrogen and oxygen atoms in total. The lowest BCUT2D eigenvalue weighted by atomic mass is 10.1. The Balaban J connectivity index is 2.60. The lowest BCUT2D eigenvalue weighted by Crippen LogP contribution is -2.10. The van der Waals surface area contributed by atoms with Crippen LogP contribution >= 0.6 is 11.8 Å². The molecule has 0 aromatic heterocycles. The first-order valence-electron chi connectivity index (χ1n) is 6.05. The van der Waals surface area contributed by atoms with E-state index in [2.05, 4.69) is 0 Å². The molecular formula is C14H17FO3S. The van der Waals surface area contributed by atoms with Crippen LogP contribution in [0.3, 0.4) is 0 Å². The zero-order valence-corrected chi connectivity index (χ0v) is 11.8. The van der Waals surface area contributed by atoms with E-state index in [4.69, 9.17) is 4.74 Å². The molecule has 0 saturated heterocycles. The smallest absolute Gasteiger partial charge is 0.338 e. The maximum absolute atomic E-state index is 12.0. The molecule has 0 amide bonds. The van der Waals surface area contributed by atoms with Crippen molar-refractivity contribution < 1.29 is 18.7 Å². The third-order valence-electron chi connectivity index (χ3n) is 2.21. The van der Waals surface area contributed by atoms with Crippen molar-refractivity contribution in [2.24, 2.45) is 5.92 Å². The fourth-order valence-corrected chi connectivity index (χ4v) is 1.85. The Hall–Kier alpha value is -1.36. The fraction of sp³-hybridized carbons (Fsp3) is 0.429. The summed E-state index contributed by atoms with van der Waals surface area (Å²) < 4.78 is 17.0. The second-order valence-electron chi connectivity index (χ2n) is 4.39. The summed E-state index contributed by atoms with van der Waals surface area (Å²) in [5.74, 6) is 0.0304. The number of rotatable bonds is 6. The molecule has 0 fully saturated rings. The SMILES string of the molecule is CC(C)COC(=O)c1ccc(C(=O)SCCF)cc1. The van der Waals surface area contributed by atoms with Crippen molar-refractivity contribution in [2.45, 2.75) is 13.8 Å². The molecule has 5 heteroatoms. The van der Waals surface area contributed by atoms with Gasteiger partial charge >= 0.3 is 5.97 Å². The Morgan fingerprint density at radius 3 is 2.32 bits per heavy atom. The summed E-state index contributed by atoms with van der Waals surface area (Å²) in [6, 6.07) is 6.21. The summed E-state index contributed by atoms with van der Waals surface area (Å²) in [5.41, 5.74) is 0.867. The van der Waals surface area contributed by atoms with Crippen LogP contribution in [0, 0.1) is 5.92 Å². The van der Waals surface area contributed by atoms with Gasteiger partial charge in [-0.2, -0.15) is 0 Å². The van der Waals surface area contributed by atoms with Crippen LogP contribution in [0.5, 0.6) is 0 Å². The van der Waals surface area contributed by atoms with Crippen LogP contribution in [-0.4, -0.2) is 30.1 Å². The molecule has 0 aliphatic rings. The van der Waals surface area contributed by atoms with Gasteiger partial charge in [-0.1, -0.05) is 25.6 Å². The highest BCUT2D eigenvalue weighted by atomic mass is 32.2. The standard InChI is InChI=1S/C14H17FO3S/c1-10(2)9-18-13(16)11-3-5-12(6-4-11)14(17)19-8-7-15/h3-6,10H,7-9H2,1-2H3. The number of hydrogen-bond acceptors (Lipinski definition) is 4. The zero-order valence-electron chi connectivity index (χ0n) is 11.0. The lowest BCUT2D eigenvalue weighted by molar-refractivity contribution is 0.0459. The summed E-state index contributed by atoms with van der Waals surface area (Å²) in [4.78, 5) is 23.2. The number of hydrogen-bond donors (Lipinski definition) is 0. The average molecular weight is 284 g/mol. The minimum absolute atomic E-state index is 0.150. The molecule has 0 atom stereocenters. The second kappa shape index (κ2) is 7.94. The summed E-state index contributed by atoms with van der Waals surface area (Å²) in [5, 5.41) is -0.195. The van der Waals surface area contributed by atoms with Crippen molar-refractivity contribution in [1.82, 2.24) is 0 Å². The van der Waals surface area contributed by atoms with Gasteiger partial charge in [-0.3, -0.25) is 9.18 Å². The largest absolute Gasteiger partial charge is 0.462 e. The number of thioether (sulfide) groups is 1. The van der Waals surface area contributed by atoms with Crippen molar-refractivity contribution in [3.8, 4) is 0 Å². The van der Waals surface area contributed by atoms with Gasteiger partial charge < -0.3 is 4.74 Å². The molecule has 0 radical (unpaired) electrons. The molecule has 0 spiro atoms. The van der Waals surface area contributed by atoms with Crippen molar-refractivity contribution in [3.63, 3.8) is 0 Å². The van der Waals surface area contributed by atoms with Crippen LogP contribution in [-0.2, 0) is 4.74 Å². The first-order chi connectivity index (χ1) is 9.04. The van der Waals surface area contributed by atoms with E-state index in [-0.39, 0.29) is 16.8 Å². The molecule has 0 aliphatic heterocycles. The van der Waals surface area contributed by atoms with Gasteiger partial charge in [-0.15, -0.1) is 0 Å². The molecule has 0 aliphatic carbocycles. The quantitative estimate of drug-likeness (QED) is 0.751. The predicted molar refractivity (Wildman–Crippen MR) is 74.3 cm³/mol. The minimum Gasteiger partial charge on any atom is -0.462 e. The van der Waals surface area contributed by atoms with Gasteiger partial charge in [0.25, 0.3) is 0 Å². The molecule has 0 saturated carbocycles. The maximum atomic E-state index is 12.0. The zero-order chi connectivity index (χ0) is 14.3. The molecule has 0 N–H and O–H groups in total. The third-order valence-corrected chi connectivity index (χ3v) is 3.07. The van der Waals surface area contributed by atoms with Crippen molar-refractivity contribution in [2.75, 3.05) is 19.0 Å². The molecular weight excluding hydrogens is 267 g/mol. The van der Waals surface area contributed by atoms with Crippen LogP contribution in [0.25, 0.3) is 0 Å². The predicted octanol–water partition coefficient (Wildman–Crippen LogP) is 3.34. The minimum atomic E-state index is -0.532. The van der Waals surface area contributed by atoms with E-state index in [1.807, 2.05) is 13.8 Å². The number of carbonyl (C=O) groups is 2. The van der Waals surface area contributed by atoms with E-state index in [0.717, 1.165) is 11.8 Å². The van der Waals surface area contributed by atoms with Gasteiger partial charge in [0.2, 0.25) is 5.12 Å². The first kappa shape index (κ1) is 15.7. The van der Waals surface area contributed by atoms with Crippen molar-refractivity contribution in [3.05, 3.63) is 35.4 Å². The lowest BCUT2D eigenvalue weighted by Gasteiger charge is -2.07. The first-order valence-corrected chi connectivity index (χ1v) is 7.03. The van der Waals surface area contributed by atoms with Gasteiger partial charge in [-0.25, -0.2) is 4.79 Å². The highest BCUT2D eigenvalue weighted by Gasteiger charge is 2.10. The topological polar surface area (TPSA) is 43.4 Å². The normalized spacial score (nSPS) is 10.5. The molecule has 1 rings (SSSR count). The van der Waals surface area contributed by atoms with Crippen molar-refractivity contribution in [1.29, 1.82) is 0 Å². The van der Waals surface area contributed by atoms with E-state index in [1.54, 1.807) is 24.3 Å². The molecule has 0 unspecified atom stereocenters. The number of ether oxygens (including phenoxy) is 1. The number of esters is 1. The van der Waals surface area contributed by atoms with Crippen molar-refractivity contribution >= 4 is 22.8 Å². The fourth-order valence-electron chi connectivity index (χ4n) is 1.28. The van der Waals surface area contributed by atoms with E-state index in [9.17, 15) is 14.0 Å². The van der Waals surface area contributed by atoms with E-state index in [1.165, 1.54) is 0 Å². The molecule has 104 valence electrons. The summed E-state index contributed by atoms with van der Waals surface area (Å²) in [6.45, 7) is 3.75. The van der Waals surface area contributed by atoms with Gasteiger partial charge in [-0.05, 0) is 30.2 Å². The second-order valence-corrected chi connectivity index (χ2v) is 5.46. The van der Waals surface area contributed by atoms with Crippen LogP contribution in [0.2, 0.25) is 0 Å². The highest BCUT2D eigenvalue weighted by Crippen LogP contribution is 2.14. The Kier molecular flexibility index (Phi) is 6.56. The monoisotopic (exact) mass is 284 g/mol. The Morgan fingerprint density at radius 1 is 1.21 bits per heavy atom. The molecule has 0 bridgehead atoms. The van der Waals surface area contributed by atoms with E-state index >= 15 is 0 Å². The van der Waals surface area contributed by atoms with Gasteiger partial charge in [0.1, 0.15) is 0 Å². The Labute approximate surface area is 116 Å². The molecule has 1 aromatic carbocycles. The Morgan fingerprint density at radius 2 is 1.79 bits per heavy atom. The summed E-state index contributed by atoms with van der Waals surface area (Å²) in [6.07, 6.45) is 0. The third kappa shape index (κ3) is 5.42. The molecule has 0 heterocycles. The van der Waals surface area contributed by atoms with Crippen LogP contribution in [0.1, 0.15) is 34.6 Å². The highest BCUT2D eigenvalue weighted by molar-refractivity contribution is 8.14. The van der Waals surface area contributed by atoms with E-state index in [0.29, 0.717) is 17.7 Å². The summed E-state index contributed by atoms with van der Waals surface area (Å²) in [7, 11) is 0. The number of benzene rings is 1. The Bertz CT molecular complexity index is 429. The molecule has 1 aromatic rings. The number of alkyl halides is 1. The van der Waals surface area contributed by atoms with Gasteiger partial charge in [0.05, 0.1) is 18.8 Å². The molecule has 19 heavy (non-hydrogen) atoms.